The predicted molar refractivity (Wildman–Crippen MR) is 113 cm³/mol. The first-order valence-electron chi connectivity index (χ1n) is 9.15. The largest absolute Gasteiger partial charge is 0.473 e. The number of rotatable bonds is 0. The molecule has 2 aliphatic heterocycles. The molecule has 0 aromatic heterocycles. The highest BCUT2D eigenvalue weighted by atomic mass is 16.5. The maximum absolute atomic E-state index is 5.66. The van der Waals surface area contributed by atoms with Crippen LogP contribution >= 0.6 is 0 Å². The summed E-state index contributed by atoms with van der Waals surface area (Å²) in [6, 6.07) is 0. The van der Waals surface area contributed by atoms with Gasteiger partial charge in [0.25, 0.3) is 0 Å². The van der Waals surface area contributed by atoms with Gasteiger partial charge in [0.2, 0.25) is 0 Å². The van der Waals surface area contributed by atoms with E-state index in [9.17, 15) is 0 Å². The third kappa shape index (κ3) is 4.95. The Bertz CT molecular complexity index is 1000. The van der Waals surface area contributed by atoms with Crippen molar-refractivity contribution in [2.45, 2.75) is 12.8 Å². The van der Waals surface area contributed by atoms with E-state index in [4.69, 9.17) is 9.47 Å². The van der Waals surface area contributed by atoms with E-state index in [2.05, 4.69) is 9.98 Å². The molecule has 138 valence electrons. The van der Waals surface area contributed by atoms with Gasteiger partial charge in [0.05, 0.1) is 30.7 Å². The number of allylic oxidation sites excluding steroid dienone is 15. The van der Waals surface area contributed by atoms with E-state index in [0.717, 1.165) is 29.9 Å². The lowest BCUT2D eigenvalue weighted by Crippen LogP contribution is -1.83. The average molecular weight is 368 g/mol. The van der Waals surface area contributed by atoms with Crippen LogP contribution in [0.15, 0.2) is 129 Å². The Morgan fingerprint density at radius 1 is 0.714 bits per heavy atom. The van der Waals surface area contributed by atoms with E-state index < -0.39 is 0 Å². The lowest BCUT2D eigenvalue weighted by atomic mass is 10.2. The van der Waals surface area contributed by atoms with Gasteiger partial charge >= 0.3 is 0 Å². The van der Waals surface area contributed by atoms with Crippen LogP contribution in [-0.4, -0.2) is 12.4 Å². The highest BCUT2D eigenvalue weighted by Crippen LogP contribution is 2.48. The van der Waals surface area contributed by atoms with Crippen LogP contribution in [0.4, 0.5) is 0 Å². The van der Waals surface area contributed by atoms with Gasteiger partial charge in [-0.3, -0.25) is 9.98 Å². The average Bonchev–Trinajstić information content (AvgIpc) is 3.59. The van der Waals surface area contributed by atoms with Crippen LogP contribution in [0, 0.1) is 0 Å². The first kappa shape index (κ1) is 17.7. The third-order valence-electron chi connectivity index (χ3n) is 4.27. The molecule has 0 saturated carbocycles. The molecule has 0 saturated heterocycles. The minimum absolute atomic E-state index is 0.868. The number of hydrogen-bond donors (Lipinski definition) is 0. The van der Waals surface area contributed by atoms with E-state index in [1.54, 1.807) is 25.0 Å². The fraction of sp³-hybridized carbons (Fsp3) is 0.0833. The van der Waals surface area contributed by atoms with Crippen molar-refractivity contribution in [3.05, 3.63) is 119 Å². The number of nitrogens with zero attached hydrogens (tertiary/aromatic N) is 2. The molecule has 2 heterocycles. The number of fused-ring (bicyclic) bond motifs is 2. The van der Waals surface area contributed by atoms with Crippen LogP contribution < -0.4 is 0 Å². The minimum Gasteiger partial charge on any atom is -0.473 e. The zero-order valence-electron chi connectivity index (χ0n) is 15.4. The Balaban J connectivity index is 1.48. The fourth-order valence-electron chi connectivity index (χ4n) is 2.66. The minimum atomic E-state index is 0.868. The second-order valence-electron chi connectivity index (χ2n) is 6.33. The molecule has 0 fully saturated rings. The molecule has 28 heavy (non-hydrogen) atoms. The molecular weight excluding hydrogens is 348 g/mol. The van der Waals surface area contributed by atoms with Crippen molar-refractivity contribution >= 4 is 12.4 Å². The quantitative estimate of drug-likeness (QED) is 0.565. The second-order valence-corrected chi connectivity index (χ2v) is 6.33. The summed E-state index contributed by atoms with van der Waals surface area (Å²) in [5.74, 6) is 1.05. The molecule has 4 rings (SSSR count). The number of ether oxygens (including phenoxy) is 2. The second kappa shape index (κ2) is 8.82. The van der Waals surface area contributed by atoms with Crippen LogP contribution in [0.3, 0.4) is 0 Å². The molecule has 0 N–H and O–H groups in total. The molecule has 0 amide bonds. The van der Waals surface area contributed by atoms with Crippen LogP contribution in [-0.2, 0) is 9.47 Å². The molecule has 4 aliphatic rings. The molecule has 0 atom stereocenters. The van der Waals surface area contributed by atoms with Gasteiger partial charge in [-0.1, -0.05) is 42.5 Å². The van der Waals surface area contributed by atoms with Gasteiger partial charge in [0, 0.05) is 36.4 Å². The van der Waals surface area contributed by atoms with Crippen molar-refractivity contribution in [3.8, 4) is 0 Å². The summed E-state index contributed by atoms with van der Waals surface area (Å²) in [5.41, 5.74) is 5.82. The summed E-state index contributed by atoms with van der Waals surface area (Å²) in [6.07, 6.45) is 31.4. The number of aliphatic imine (C=N–C) groups is 2. The molecule has 0 aromatic rings. The van der Waals surface area contributed by atoms with Crippen LogP contribution in [0.1, 0.15) is 12.8 Å². The predicted octanol–water partition coefficient (Wildman–Crippen LogP) is 5.52. The lowest BCUT2D eigenvalue weighted by Gasteiger charge is -1.93. The van der Waals surface area contributed by atoms with Crippen molar-refractivity contribution in [1.29, 1.82) is 0 Å². The van der Waals surface area contributed by atoms with Crippen molar-refractivity contribution in [1.82, 2.24) is 0 Å². The Labute approximate surface area is 164 Å². The fourth-order valence-corrected chi connectivity index (χ4v) is 2.66. The first-order chi connectivity index (χ1) is 13.9. The summed E-state index contributed by atoms with van der Waals surface area (Å²) in [6.45, 7) is 0. The van der Waals surface area contributed by atoms with Gasteiger partial charge in [-0.15, -0.1) is 0 Å². The van der Waals surface area contributed by atoms with E-state index >= 15 is 0 Å². The van der Waals surface area contributed by atoms with Crippen LogP contribution in [0.5, 0.6) is 0 Å². The Morgan fingerprint density at radius 3 is 2.32 bits per heavy atom. The van der Waals surface area contributed by atoms with E-state index in [-0.39, 0.29) is 0 Å². The molecule has 0 spiro atoms. The Kier molecular flexibility index (Phi) is 5.59. The van der Waals surface area contributed by atoms with Gasteiger partial charge in [-0.25, -0.2) is 0 Å². The summed E-state index contributed by atoms with van der Waals surface area (Å²) < 4.78 is 10.9. The molecule has 4 heteroatoms. The maximum Gasteiger partial charge on any atom is 0.112 e. The summed E-state index contributed by atoms with van der Waals surface area (Å²) >= 11 is 0. The smallest absolute Gasteiger partial charge is 0.112 e. The van der Waals surface area contributed by atoms with Crippen LogP contribution in [0.2, 0.25) is 0 Å². The van der Waals surface area contributed by atoms with E-state index in [1.165, 1.54) is 16.7 Å². The van der Waals surface area contributed by atoms with Gasteiger partial charge < -0.3 is 9.47 Å². The van der Waals surface area contributed by atoms with Crippen molar-refractivity contribution in [2.24, 2.45) is 9.98 Å². The molecule has 0 bridgehead atoms. The van der Waals surface area contributed by atoms with Crippen LogP contribution in [0.25, 0.3) is 0 Å². The van der Waals surface area contributed by atoms with Crippen molar-refractivity contribution in [2.75, 3.05) is 0 Å². The first-order valence-corrected chi connectivity index (χ1v) is 9.15. The Hall–Kier alpha value is -3.66. The Morgan fingerprint density at radius 2 is 1.46 bits per heavy atom. The molecule has 0 radical (unpaired) electrons. The maximum atomic E-state index is 5.66. The van der Waals surface area contributed by atoms with E-state index in [1.807, 2.05) is 73.2 Å². The molecular formula is C24H20N2O2. The summed E-state index contributed by atoms with van der Waals surface area (Å²) in [5, 5.41) is 0. The highest BCUT2D eigenvalue weighted by molar-refractivity contribution is 5.93. The summed E-state index contributed by atoms with van der Waals surface area (Å²) in [7, 11) is 0. The standard InChI is InChI=1S/C24H20N2O2/c1-2-4-9-13-28-24-15-22(24)21-14-20(21)17-26-23-18-25-16-19(23)10-6-5-8-12-27-11-7-3-1/h1-13,16-18H,14-15H2/b3-1+,4-2+,6-5+,11-7-,12-8+,13-9+,19-10?,26-17?. The molecule has 2 aliphatic carbocycles. The lowest BCUT2D eigenvalue weighted by molar-refractivity contribution is 0.371. The normalized spacial score (nSPS) is 27.7. The molecule has 0 aromatic carbocycles. The SMILES string of the molecule is C1=NC=C2N=CC3=C(C3)C3=C(C3)O/C=C/C=C/C=C/C=C\O/C=C/C=C/C=C12. The topological polar surface area (TPSA) is 43.2 Å². The summed E-state index contributed by atoms with van der Waals surface area (Å²) in [4.78, 5) is 8.79. The zero-order chi connectivity index (χ0) is 19.0. The van der Waals surface area contributed by atoms with Gasteiger partial charge in [0.1, 0.15) is 5.76 Å². The van der Waals surface area contributed by atoms with Crippen molar-refractivity contribution < 1.29 is 9.47 Å². The van der Waals surface area contributed by atoms with Gasteiger partial charge in [-0.2, -0.15) is 0 Å². The van der Waals surface area contributed by atoms with Crippen molar-refractivity contribution in [3.63, 3.8) is 0 Å². The highest BCUT2D eigenvalue weighted by Gasteiger charge is 2.35. The number of hydrogen-bond acceptors (Lipinski definition) is 4. The molecule has 4 nitrogen and oxygen atoms in total. The van der Waals surface area contributed by atoms with Gasteiger partial charge in [0.15, 0.2) is 0 Å². The van der Waals surface area contributed by atoms with Gasteiger partial charge in [-0.05, 0) is 29.4 Å². The monoisotopic (exact) mass is 368 g/mol. The third-order valence-corrected chi connectivity index (χ3v) is 4.27. The molecule has 0 unspecified atom stereocenters. The van der Waals surface area contributed by atoms with E-state index in [0.29, 0.717) is 0 Å². The zero-order valence-corrected chi connectivity index (χ0v) is 15.4.